The van der Waals surface area contributed by atoms with Gasteiger partial charge in [0, 0.05) is 24.1 Å². The number of aromatic nitrogens is 2. The van der Waals surface area contributed by atoms with Crippen molar-refractivity contribution < 1.29 is 9.53 Å². The van der Waals surface area contributed by atoms with E-state index < -0.39 is 0 Å². The van der Waals surface area contributed by atoms with Crippen LogP contribution in [-0.2, 0) is 0 Å². The summed E-state index contributed by atoms with van der Waals surface area (Å²) in [4.78, 5) is 22.2. The first-order chi connectivity index (χ1) is 10.0. The summed E-state index contributed by atoms with van der Waals surface area (Å²) in [7, 11) is 5.16. The van der Waals surface area contributed by atoms with Crippen molar-refractivity contribution >= 4 is 33.3 Å². The van der Waals surface area contributed by atoms with Crippen LogP contribution in [0.5, 0.6) is 6.01 Å². The van der Waals surface area contributed by atoms with Crippen LogP contribution in [0.25, 0.3) is 0 Å². The minimum absolute atomic E-state index is 0.223. The molecule has 1 N–H and O–H groups in total. The minimum atomic E-state index is -0.223. The molecule has 0 radical (unpaired) electrons. The molecule has 21 heavy (non-hydrogen) atoms. The number of nitrogens with zero attached hydrogens (tertiary/aromatic N) is 3. The number of hydrogen-bond acceptors (Lipinski definition) is 5. The van der Waals surface area contributed by atoms with Crippen LogP contribution >= 0.6 is 15.9 Å². The molecule has 2 aromatic rings. The lowest BCUT2D eigenvalue weighted by molar-refractivity contribution is 0.102. The number of halogens is 1. The zero-order valence-electron chi connectivity index (χ0n) is 11.9. The monoisotopic (exact) mass is 350 g/mol. The van der Waals surface area contributed by atoms with E-state index in [1.165, 1.54) is 13.3 Å². The van der Waals surface area contributed by atoms with Gasteiger partial charge in [0.05, 0.1) is 13.3 Å². The maximum absolute atomic E-state index is 12.2. The lowest BCUT2D eigenvalue weighted by atomic mass is 10.2. The third-order valence-corrected chi connectivity index (χ3v) is 3.24. The van der Waals surface area contributed by atoms with Gasteiger partial charge in [0.2, 0.25) is 0 Å². The third kappa shape index (κ3) is 3.69. The Morgan fingerprint density at radius 3 is 2.52 bits per heavy atom. The van der Waals surface area contributed by atoms with Crippen molar-refractivity contribution in [3.05, 3.63) is 40.5 Å². The molecular formula is C14H15BrN4O2. The average Bonchev–Trinajstić information content (AvgIpc) is 2.48. The predicted molar refractivity (Wildman–Crippen MR) is 85.0 cm³/mol. The van der Waals surface area contributed by atoms with E-state index in [1.54, 1.807) is 17.0 Å². The van der Waals surface area contributed by atoms with E-state index in [0.29, 0.717) is 17.1 Å². The Morgan fingerprint density at radius 1 is 1.29 bits per heavy atom. The highest BCUT2D eigenvalue weighted by Crippen LogP contribution is 2.23. The molecule has 7 heteroatoms. The second-order valence-corrected chi connectivity index (χ2v) is 5.37. The lowest BCUT2D eigenvalue weighted by Gasteiger charge is -2.16. The van der Waals surface area contributed by atoms with Gasteiger partial charge >= 0.3 is 6.01 Å². The maximum atomic E-state index is 12.2. The number of anilines is 2. The molecule has 0 saturated carbocycles. The van der Waals surface area contributed by atoms with Gasteiger partial charge in [-0.15, -0.1) is 0 Å². The molecule has 1 aromatic carbocycles. The number of carbonyl (C=O) groups excluding carboxylic acids is 1. The van der Waals surface area contributed by atoms with E-state index in [0.717, 1.165) is 4.47 Å². The number of hydrogen-bond donors (Lipinski definition) is 1. The van der Waals surface area contributed by atoms with Crippen LogP contribution in [0.2, 0.25) is 0 Å². The molecule has 0 aliphatic carbocycles. The van der Waals surface area contributed by atoms with Gasteiger partial charge in [-0.3, -0.25) is 4.79 Å². The predicted octanol–water partition coefficient (Wildman–Crippen LogP) is 2.57. The van der Waals surface area contributed by atoms with E-state index in [4.69, 9.17) is 4.74 Å². The van der Waals surface area contributed by atoms with E-state index >= 15 is 0 Å². The molecule has 2 rings (SSSR count). The summed E-state index contributed by atoms with van der Waals surface area (Å²) in [5.41, 5.74) is 1.08. The summed E-state index contributed by atoms with van der Waals surface area (Å²) >= 11 is 3.34. The molecule has 0 bridgehead atoms. The molecule has 6 nitrogen and oxygen atoms in total. The molecule has 0 atom stereocenters. The van der Waals surface area contributed by atoms with Crippen molar-refractivity contribution in [3.8, 4) is 6.01 Å². The first-order valence-corrected chi connectivity index (χ1v) is 6.96. The molecule has 0 aliphatic heterocycles. The standard InChI is InChI=1S/C14H15BrN4O2/c1-19(2)12-11(8-16-14(18-12)21-3)17-13(20)9-4-6-10(15)7-5-9/h4-8H,1-3H3,(H,17,20). The largest absolute Gasteiger partial charge is 0.467 e. The fourth-order valence-corrected chi connectivity index (χ4v) is 1.94. The van der Waals surface area contributed by atoms with Crippen LogP contribution < -0.4 is 15.0 Å². The summed E-state index contributed by atoms with van der Waals surface area (Å²) in [6, 6.07) is 7.34. The summed E-state index contributed by atoms with van der Waals surface area (Å²) < 4.78 is 5.91. The van der Waals surface area contributed by atoms with Gasteiger partial charge in [0.15, 0.2) is 5.82 Å². The van der Waals surface area contributed by atoms with E-state index in [-0.39, 0.29) is 11.9 Å². The summed E-state index contributed by atoms with van der Waals surface area (Å²) in [5.74, 6) is 0.353. The second-order valence-electron chi connectivity index (χ2n) is 4.45. The number of nitrogens with one attached hydrogen (secondary N) is 1. The van der Waals surface area contributed by atoms with Crippen LogP contribution in [0.4, 0.5) is 11.5 Å². The van der Waals surface area contributed by atoms with Crippen molar-refractivity contribution in [2.45, 2.75) is 0 Å². The molecule has 0 fully saturated rings. The van der Waals surface area contributed by atoms with Gasteiger partial charge in [-0.05, 0) is 24.3 Å². The number of carbonyl (C=O) groups is 1. The van der Waals surface area contributed by atoms with Crippen molar-refractivity contribution in [1.82, 2.24) is 9.97 Å². The van der Waals surface area contributed by atoms with Crippen molar-refractivity contribution in [2.24, 2.45) is 0 Å². The lowest BCUT2D eigenvalue weighted by Crippen LogP contribution is -2.18. The van der Waals surface area contributed by atoms with Crippen molar-refractivity contribution in [3.63, 3.8) is 0 Å². The van der Waals surface area contributed by atoms with E-state index in [2.05, 4.69) is 31.2 Å². The average molecular weight is 351 g/mol. The molecule has 0 aliphatic rings. The van der Waals surface area contributed by atoms with Crippen LogP contribution in [-0.4, -0.2) is 37.1 Å². The molecule has 1 aromatic heterocycles. The van der Waals surface area contributed by atoms with Crippen LogP contribution in [0.3, 0.4) is 0 Å². The van der Waals surface area contributed by atoms with E-state index in [9.17, 15) is 4.79 Å². The Labute approximate surface area is 131 Å². The quantitative estimate of drug-likeness (QED) is 0.917. The zero-order chi connectivity index (χ0) is 15.4. The summed E-state index contributed by atoms with van der Waals surface area (Å²) in [5, 5.41) is 2.80. The fourth-order valence-electron chi connectivity index (χ4n) is 1.68. The molecule has 0 unspecified atom stereocenters. The highest BCUT2D eigenvalue weighted by molar-refractivity contribution is 9.10. The van der Waals surface area contributed by atoms with Gasteiger partial charge < -0.3 is 15.0 Å². The van der Waals surface area contributed by atoms with Gasteiger partial charge in [0.1, 0.15) is 5.69 Å². The van der Waals surface area contributed by atoms with E-state index in [1.807, 2.05) is 26.2 Å². The number of methoxy groups -OCH3 is 1. The van der Waals surface area contributed by atoms with Crippen molar-refractivity contribution in [2.75, 3.05) is 31.4 Å². The summed E-state index contributed by atoms with van der Waals surface area (Å²) in [6.45, 7) is 0. The normalized spacial score (nSPS) is 10.1. The molecule has 1 amide bonds. The minimum Gasteiger partial charge on any atom is -0.467 e. The van der Waals surface area contributed by atoms with Crippen LogP contribution in [0, 0.1) is 0 Å². The number of rotatable bonds is 4. The van der Waals surface area contributed by atoms with Crippen LogP contribution in [0.1, 0.15) is 10.4 Å². The summed E-state index contributed by atoms with van der Waals surface area (Å²) in [6.07, 6.45) is 1.53. The zero-order valence-corrected chi connectivity index (χ0v) is 13.5. The molecule has 110 valence electrons. The molecular weight excluding hydrogens is 336 g/mol. The Morgan fingerprint density at radius 2 is 1.95 bits per heavy atom. The van der Waals surface area contributed by atoms with Gasteiger partial charge in [-0.2, -0.15) is 4.98 Å². The molecule has 0 spiro atoms. The first kappa shape index (κ1) is 15.2. The highest BCUT2D eigenvalue weighted by Gasteiger charge is 2.13. The third-order valence-electron chi connectivity index (χ3n) is 2.71. The Balaban J connectivity index is 2.26. The Hall–Kier alpha value is -2.15. The SMILES string of the molecule is COc1ncc(NC(=O)c2ccc(Br)cc2)c(N(C)C)n1. The van der Waals surface area contributed by atoms with Gasteiger partial charge in [0.25, 0.3) is 5.91 Å². The Bertz CT molecular complexity index is 644. The molecule has 1 heterocycles. The second kappa shape index (κ2) is 6.53. The van der Waals surface area contributed by atoms with Gasteiger partial charge in [-0.1, -0.05) is 15.9 Å². The topological polar surface area (TPSA) is 67.3 Å². The maximum Gasteiger partial charge on any atom is 0.318 e. The van der Waals surface area contributed by atoms with Crippen LogP contribution in [0.15, 0.2) is 34.9 Å². The number of benzene rings is 1. The highest BCUT2D eigenvalue weighted by atomic mass is 79.9. The smallest absolute Gasteiger partial charge is 0.318 e. The number of amides is 1. The number of ether oxygens (including phenoxy) is 1. The van der Waals surface area contributed by atoms with Gasteiger partial charge in [-0.25, -0.2) is 4.98 Å². The Kier molecular flexibility index (Phi) is 4.74. The fraction of sp³-hybridized carbons (Fsp3) is 0.214. The first-order valence-electron chi connectivity index (χ1n) is 6.16. The van der Waals surface area contributed by atoms with Crippen molar-refractivity contribution in [1.29, 1.82) is 0 Å². The molecule has 0 saturated heterocycles.